The Balaban J connectivity index is 1.43. The van der Waals surface area contributed by atoms with Crippen molar-refractivity contribution in [1.29, 1.82) is 0 Å². The highest BCUT2D eigenvalue weighted by molar-refractivity contribution is 9.10. The Kier molecular flexibility index (Phi) is 12.9. The van der Waals surface area contributed by atoms with Gasteiger partial charge in [0.15, 0.2) is 0 Å². The van der Waals surface area contributed by atoms with E-state index < -0.39 is 7.82 Å². The van der Waals surface area contributed by atoms with Crippen molar-refractivity contribution in [2.24, 2.45) is 0 Å². The van der Waals surface area contributed by atoms with Gasteiger partial charge in [0, 0.05) is 37.2 Å². The third kappa shape index (κ3) is 10.0. The summed E-state index contributed by atoms with van der Waals surface area (Å²) in [6.07, 6.45) is 7.09. The molecular weight excluding hydrogens is 665 g/mol. The Morgan fingerprint density at radius 1 is 0.717 bits per heavy atom. The number of allylic oxidation sites excluding steroid dienone is 1. The van der Waals surface area contributed by atoms with Crippen molar-refractivity contribution >= 4 is 34.9 Å². The van der Waals surface area contributed by atoms with Gasteiger partial charge in [-0.1, -0.05) is 72.1 Å². The molecule has 0 spiro atoms. The van der Waals surface area contributed by atoms with Gasteiger partial charge in [0.1, 0.15) is 18.1 Å². The molecule has 0 saturated carbocycles. The van der Waals surface area contributed by atoms with Crippen LogP contribution in [0.2, 0.25) is 0 Å². The van der Waals surface area contributed by atoms with E-state index in [0.29, 0.717) is 38.5 Å². The molecule has 0 aliphatic carbocycles. The summed E-state index contributed by atoms with van der Waals surface area (Å²) in [5.41, 5.74) is 5.60. The quantitative estimate of drug-likeness (QED) is 0.121. The number of rotatable bonds is 14. The fourth-order valence-corrected chi connectivity index (χ4v) is 7.42. The van der Waals surface area contributed by atoms with Crippen molar-refractivity contribution in [3.05, 3.63) is 94.0 Å². The topological polar surface area (TPSA) is 63.7 Å². The highest BCUT2D eigenvalue weighted by Gasteiger charge is 2.36. The predicted octanol–water partition coefficient (Wildman–Crippen LogP) is 9.08. The minimum atomic E-state index is -3.96. The summed E-state index contributed by atoms with van der Waals surface area (Å²) >= 11 is 3.58. The molecule has 248 valence electrons. The summed E-state index contributed by atoms with van der Waals surface area (Å²) in [6.45, 7) is 6.49. The van der Waals surface area contributed by atoms with Crippen LogP contribution in [0, 0.1) is 0 Å². The fraction of sp³-hybridized carbons (Fsp3) is 0.444. The fourth-order valence-electron chi connectivity index (χ4n) is 5.79. The second kappa shape index (κ2) is 17.1. The number of phosphoric acid groups is 1. The molecule has 3 aromatic rings. The molecule has 0 amide bonds. The molecule has 2 fully saturated rings. The van der Waals surface area contributed by atoms with Crippen LogP contribution in [0.3, 0.4) is 0 Å². The van der Waals surface area contributed by atoms with Crippen LogP contribution in [0.15, 0.2) is 77.3 Å². The van der Waals surface area contributed by atoms with Crippen molar-refractivity contribution in [3.8, 4) is 11.5 Å². The largest absolute Gasteiger partial charge is 0.564 e. The zero-order chi connectivity index (χ0) is 32.4. The SMILES string of the molecule is CC/C(=C(/c1ccc(OCCN(C)C)cc1)c1ccc(OP(=O)(ON2CCCCC2)ON2CCCCC2)cc1)c1ccc(Br)cc1. The van der Waals surface area contributed by atoms with E-state index in [-0.39, 0.29) is 0 Å². The average Bonchev–Trinajstić information content (AvgIpc) is 3.06. The van der Waals surface area contributed by atoms with Gasteiger partial charge in [0.25, 0.3) is 0 Å². The Labute approximate surface area is 282 Å². The van der Waals surface area contributed by atoms with Crippen molar-refractivity contribution in [2.45, 2.75) is 51.9 Å². The second-order valence-electron chi connectivity index (χ2n) is 12.1. The standard InChI is InChI=1S/C36H47BrN3O5P/c1-4-35(29-11-17-32(37)18-12-29)36(30-13-19-33(20-14-30)42-28-27-38(2)3)31-15-21-34(22-16-31)43-46(41,44-39-23-7-5-8-24-39)45-40-25-9-6-10-26-40/h11-22H,4-10,23-28H2,1-3H3/b36-35+. The van der Waals surface area contributed by atoms with Gasteiger partial charge in [-0.25, -0.2) is 4.57 Å². The minimum absolute atomic E-state index is 0.437. The number of hydrogen-bond donors (Lipinski definition) is 0. The first-order valence-electron chi connectivity index (χ1n) is 16.5. The molecule has 2 aliphatic rings. The highest BCUT2D eigenvalue weighted by Crippen LogP contribution is 2.52. The van der Waals surface area contributed by atoms with Gasteiger partial charge in [-0.05, 0) is 110 Å². The zero-order valence-electron chi connectivity index (χ0n) is 27.3. The molecule has 0 radical (unpaired) electrons. The van der Waals surface area contributed by atoms with Crippen LogP contribution >= 0.6 is 23.8 Å². The third-order valence-corrected chi connectivity index (χ3v) is 10.0. The zero-order valence-corrected chi connectivity index (χ0v) is 29.8. The van der Waals surface area contributed by atoms with Gasteiger partial charge in [0.05, 0.1) is 0 Å². The molecule has 0 atom stereocenters. The van der Waals surface area contributed by atoms with Gasteiger partial charge < -0.3 is 14.2 Å². The minimum Gasteiger partial charge on any atom is -0.492 e. The lowest BCUT2D eigenvalue weighted by Crippen LogP contribution is -2.34. The first-order chi connectivity index (χ1) is 22.3. The molecular formula is C36H47BrN3O5P. The summed E-state index contributed by atoms with van der Waals surface area (Å²) in [6, 6.07) is 24.5. The summed E-state index contributed by atoms with van der Waals surface area (Å²) < 4.78 is 39.2. The van der Waals surface area contributed by atoms with Crippen LogP contribution in [0.4, 0.5) is 0 Å². The first-order valence-corrected chi connectivity index (χ1v) is 18.7. The van der Waals surface area contributed by atoms with E-state index in [4.69, 9.17) is 18.5 Å². The van der Waals surface area contributed by atoms with Gasteiger partial charge >= 0.3 is 7.82 Å². The maximum Gasteiger partial charge on any atom is 0.564 e. The van der Waals surface area contributed by atoms with Crippen LogP contribution in [0.5, 0.6) is 11.5 Å². The summed E-state index contributed by atoms with van der Waals surface area (Å²) in [7, 11) is 0.121. The lowest BCUT2D eigenvalue weighted by molar-refractivity contribution is -0.148. The molecule has 5 rings (SSSR count). The number of piperidine rings is 2. The van der Waals surface area contributed by atoms with Gasteiger partial charge in [-0.15, -0.1) is 0 Å². The number of likely N-dealkylation sites (N-methyl/N-ethyl adjacent to an activating group) is 1. The molecule has 0 bridgehead atoms. The third-order valence-electron chi connectivity index (χ3n) is 8.22. The van der Waals surface area contributed by atoms with Gasteiger partial charge in [-0.2, -0.15) is 19.4 Å². The maximum atomic E-state index is 14.1. The van der Waals surface area contributed by atoms with Crippen LogP contribution < -0.4 is 9.26 Å². The second-order valence-corrected chi connectivity index (χ2v) is 14.4. The van der Waals surface area contributed by atoms with E-state index in [2.05, 4.69) is 64.2 Å². The Bertz CT molecular complexity index is 1430. The normalized spacial score (nSPS) is 17.2. The van der Waals surface area contributed by atoms with E-state index in [1.165, 1.54) is 5.57 Å². The van der Waals surface area contributed by atoms with Gasteiger partial charge in [-0.3, -0.25) is 0 Å². The molecule has 8 nitrogen and oxygen atoms in total. The monoisotopic (exact) mass is 711 g/mol. The van der Waals surface area contributed by atoms with E-state index in [9.17, 15) is 4.57 Å². The van der Waals surface area contributed by atoms with Crippen molar-refractivity contribution in [1.82, 2.24) is 15.0 Å². The molecule has 10 heteroatoms. The van der Waals surface area contributed by atoms with Crippen molar-refractivity contribution in [2.75, 3.05) is 53.4 Å². The number of benzene rings is 3. The van der Waals surface area contributed by atoms with Gasteiger partial charge in [0.2, 0.25) is 0 Å². The first kappa shape index (κ1) is 34.8. The smallest absolute Gasteiger partial charge is 0.492 e. The van der Waals surface area contributed by atoms with Crippen molar-refractivity contribution in [3.63, 3.8) is 0 Å². The molecule has 46 heavy (non-hydrogen) atoms. The number of nitrogens with zero attached hydrogens (tertiary/aromatic N) is 3. The molecule has 0 unspecified atom stereocenters. The summed E-state index contributed by atoms with van der Waals surface area (Å²) in [4.78, 5) is 2.10. The van der Waals surface area contributed by atoms with Crippen molar-refractivity contribution < 1.29 is 23.1 Å². The van der Waals surface area contributed by atoms with Crippen LogP contribution in [0.1, 0.15) is 68.6 Å². The molecule has 3 aromatic carbocycles. The lowest BCUT2D eigenvalue weighted by atomic mass is 9.88. The summed E-state index contributed by atoms with van der Waals surface area (Å²) in [5.74, 6) is 1.28. The van der Waals surface area contributed by atoms with E-state index >= 15 is 0 Å². The molecule has 2 heterocycles. The number of hydrogen-bond acceptors (Lipinski definition) is 8. The molecule has 2 saturated heterocycles. The number of ether oxygens (including phenoxy) is 1. The Hall–Kier alpha value is -2.49. The number of hydroxylamine groups is 4. The number of halogens is 1. The van der Waals surface area contributed by atoms with Crippen LogP contribution in [-0.2, 0) is 13.8 Å². The summed E-state index contributed by atoms with van der Waals surface area (Å²) in [5, 5.41) is 3.48. The Morgan fingerprint density at radius 3 is 1.67 bits per heavy atom. The molecule has 0 aromatic heterocycles. The van der Waals surface area contributed by atoms with E-state index in [1.807, 2.05) is 50.5 Å². The maximum absolute atomic E-state index is 14.1. The van der Waals surface area contributed by atoms with Crippen LogP contribution in [-0.4, -0.2) is 68.5 Å². The lowest BCUT2D eigenvalue weighted by Gasteiger charge is -2.32. The van der Waals surface area contributed by atoms with E-state index in [0.717, 1.165) is 84.0 Å². The molecule has 0 N–H and O–H groups in total. The molecule has 2 aliphatic heterocycles. The van der Waals surface area contributed by atoms with Crippen LogP contribution in [0.25, 0.3) is 11.1 Å². The Morgan fingerprint density at radius 2 is 1.20 bits per heavy atom. The van der Waals surface area contributed by atoms with E-state index in [1.54, 1.807) is 10.1 Å². The predicted molar refractivity (Wildman–Crippen MR) is 189 cm³/mol. The average molecular weight is 713 g/mol. The highest BCUT2D eigenvalue weighted by atomic mass is 79.9.